The van der Waals surface area contributed by atoms with Gasteiger partial charge in [-0.25, -0.2) is 13.1 Å². The molecule has 1 saturated carbocycles. The Morgan fingerprint density at radius 1 is 1.22 bits per heavy atom. The Morgan fingerprint density at radius 2 is 1.78 bits per heavy atom. The summed E-state index contributed by atoms with van der Waals surface area (Å²) in [7, 11) is -3.55. The third-order valence-corrected chi connectivity index (χ3v) is 5.59. The molecule has 1 fully saturated rings. The smallest absolute Gasteiger partial charge is 0.244 e. The van der Waals surface area contributed by atoms with E-state index in [-0.39, 0.29) is 16.8 Å². The van der Waals surface area contributed by atoms with Crippen LogP contribution >= 0.6 is 0 Å². The van der Waals surface area contributed by atoms with Crippen LogP contribution in [0.5, 0.6) is 0 Å². The zero-order valence-electron chi connectivity index (χ0n) is 13.3. The third-order valence-electron chi connectivity index (χ3n) is 3.92. The minimum absolute atomic E-state index is 0.139. The fraction of sp³-hybridized carbons (Fsp3) is 0.500. The van der Waals surface area contributed by atoms with Crippen LogP contribution in [0.1, 0.15) is 39.5 Å². The topological polar surface area (TPSA) is 99.1 Å². The van der Waals surface area contributed by atoms with Gasteiger partial charge >= 0.3 is 0 Å². The molecule has 1 amide bonds. The van der Waals surface area contributed by atoms with Gasteiger partial charge in [0.05, 0.1) is 11.0 Å². The summed E-state index contributed by atoms with van der Waals surface area (Å²) in [5, 5.41) is 12.0. The minimum Gasteiger partial charge on any atom is -0.325 e. The third kappa shape index (κ3) is 3.89. The molecule has 124 valence electrons. The van der Waals surface area contributed by atoms with Gasteiger partial charge in [0.2, 0.25) is 15.9 Å². The van der Waals surface area contributed by atoms with Crippen LogP contribution in [0.3, 0.4) is 0 Å². The molecule has 1 aliphatic carbocycles. The lowest BCUT2D eigenvalue weighted by Crippen LogP contribution is -2.32. The van der Waals surface area contributed by atoms with E-state index in [0.717, 1.165) is 12.8 Å². The summed E-state index contributed by atoms with van der Waals surface area (Å²) in [5.74, 6) is -0.312. The predicted octanol–water partition coefficient (Wildman–Crippen LogP) is 2.40. The van der Waals surface area contributed by atoms with Crippen molar-refractivity contribution in [3.8, 4) is 6.07 Å². The molecular weight excluding hydrogens is 314 g/mol. The molecule has 0 heterocycles. The molecule has 0 aromatic heterocycles. The first-order chi connectivity index (χ1) is 10.8. The molecule has 1 aromatic carbocycles. The largest absolute Gasteiger partial charge is 0.325 e. The number of nitrogens with zero attached hydrogens (tertiary/aromatic N) is 1. The van der Waals surface area contributed by atoms with Gasteiger partial charge in [-0.1, -0.05) is 12.8 Å². The van der Waals surface area contributed by atoms with Crippen molar-refractivity contribution in [2.45, 2.75) is 50.5 Å². The van der Waals surface area contributed by atoms with Crippen molar-refractivity contribution in [1.29, 1.82) is 5.26 Å². The van der Waals surface area contributed by atoms with Gasteiger partial charge in [0, 0.05) is 11.7 Å². The van der Waals surface area contributed by atoms with Crippen LogP contribution in [-0.2, 0) is 14.8 Å². The van der Waals surface area contributed by atoms with E-state index in [1.165, 1.54) is 24.3 Å². The fourth-order valence-corrected chi connectivity index (χ4v) is 3.97. The maximum atomic E-state index is 12.3. The van der Waals surface area contributed by atoms with Crippen molar-refractivity contribution in [2.75, 3.05) is 5.32 Å². The lowest BCUT2D eigenvalue weighted by atomic mass is 9.87. The second-order valence-corrected chi connectivity index (χ2v) is 7.87. The number of carbonyl (C=O) groups excluding carboxylic acids is 1. The summed E-state index contributed by atoms with van der Waals surface area (Å²) in [6.45, 7) is 3.49. The summed E-state index contributed by atoms with van der Waals surface area (Å²) in [6.07, 6.45) is 2.89. The molecule has 6 nitrogen and oxygen atoms in total. The van der Waals surface area contributed by atoms with Crippen molar-refractivity contribution in [2.24, 2.45) is 5.41 Å². The number of nitriles is 1. The van der Waals surface area contributed by atoms with Gasteiger partial charge in [0.25, 0.3) is 0 Å². The molecule has 1 aromatic rings. The Hall–Kier alpha value is -1.91. The molecule has 0 atom stereocenters. The molecule has 23 heavy (non-hydrogen) atoms. The molecule has 0 saturated heterocycles. The van der Waals surface area contributed by atoms with E-state index in [0.29, 0.717) is 18.5 Å². The normalized spacial score (nSPS) is 17.0. The van der Waals surface area contributed by atoms with Gasteiger partial charge < -0.3 is 5.32 Å². The Kier molecular flexibility index (Phi) is 5.07. The Morgan fingerprint density at radius 3 is 2.26 bits per heavy atom. The van der Waals surface area contributed by atoms with Gasteiger partial charge in [-0.15, -0.1) is 0 Å². The maximum Gasteiger partial charge on any atom is 0.244 e. The quantitative estimate of drug-likeness (QED) is 0.863. The lowest BCUT2D eigenvalue weighted by Gasteiger charge is -2.19. The Bertz CT molecular complexity index is 712. The monoisotopic (exact) mass is 335 g/mol. The molecule has 2 N–H and O–H groups in total. The van der Waals surface area contributed by atoms with Gasteiger partial charge in [0.1, 0.15) is 5.41 Å². The molecule has 0 radical (unpaired) electrons. The van der Waals surface area contributed by atoms with Crippen molar-refractivity contribution in [3.63, 3.8) is 0 Å². The van der Waals surface area contributed by atoms with Crippen LogP contribution in [0.2, 0.25) is 0 Å². The summed E-state index contributed by atoms with van der Waals surface area (Å²) < 4.78 is 26.6. The van der Waals surface area contributed by atoms with Gasteiger partial charge in [0.15, 0.2) is 0 Å². The predicted molar refractivity (Wildman–Crippen MR) is 87.0 cm³/mol. The summed E-state index contributed by atoms with van der Waals surface area (Å²) in [4.78, 5) is 12.5. The van der Waals surface area contributed by atoms with Gasteiger partial charge in [-0.3, -0.25) is 4.79 Å². The number of sulfonamides is 1. The van der Waals surface area contributed by atoms with Crippen molar-refractivity contribution in [1.82, 2.24) is 4.72 Å². The number of rotatable bonds is 5. The average molecular weight is 335 g/mol. The fourth-order valence-electron chi connectivity index (χ4n) is 2.71. The molecule has 0 bridgehead atoms. The van der Waals surface area contributed by atoms with Crippen LogP contribution in [0.4, 0.5) is 5.69 Å². The van der Waals surface area contributed by atoms with Crippen LogP contribution < -0.4 is 10.0 Å². The molecule has 7 heteroatoms. The van der Waals surface area contributed by atoms with E-state index in [1.54, 1.807) is 13.8 Å². The van der Waals surface area contributed by atoms with E-state index in [4.69, 9.17) is 0 Å². The standard InChI is InChI=1S/C16H21N3O3S/c1-12(2)19-23(21,22)14-7-5-13(6-8-14)18-15(20)16(11-17)9-3-4-10-16/h5-8,12,19H,3-4,9-10H2,1-2H3,(H,18,20). The number of anilines is 1. The second kappa shape index (κ2) is 6.69. The number of benzene rings is 1. The molecule has 2 rings (SSSR count). The Balaban J connectivity index is 2.12. The Labute approximate surface area is 136 Å². The molecule has 0 spiro atoms. The zero-order chi connectivity index (χ0) is 17.1. The molecule has 0 unspecified atom stereocenters. The van der Waals surface area contributed by atoms with Crippen LogP contribution in [-0.4, -0.2) is 20.4 Å². The zero-order valence-corrected chi connectivity index (χ0v) is 14.1. The number of carbonyl (C=O) groups is 1. The summed E-state index contributed by atoms with van der Waals surface area (Å²) in [5.41, 5.74) is -0.468. The highest BCUT2D eigenvalue weighted by atomic mass is 32.2. The van der Waals surface area contributed by atoms with E-state index in [1.807, 2.05) is 0 Å². The highest BCUT2D eigenvalue weighted by Gasteiger charge is 2.41. The second-order valence-electron chi connectivity index (χ2n) is 6.16. The highest BCUT2D eigenvalue weighted by molar-refractivity contribution is 7.89. The summed E-state index contributed by atoms with van der Waals surface area (Å²) in [6, 6.07) is 7.89. The van der Waals surface area contributed by atoms with E-state index in [2.05, 4.69) is 16.1 Å². The van der Waals surface area contributed by atoms with Crippen LogP contribution in [0.15, 0.2) is 29.2 Å². The first-order valence-electron chi connectivity index (χ1n) is 7.64. The van der Waals surface area contributed by atoms with Crippen molar-refractivity contribution in [3.05, 3.63) is 24.3 Å². The average Bonchev–Trinajstić information content (AvgIpc) is 2.96. The van der Waals surface area contributed by atoms with Gasteiger partial charge in [-0.2, -0.15) is 5.26 Å². The van der Waals surface area contributed by atoms with Crippen LogP contribution in [0, 0.1) is 16.7 Å². The molecule has 0 aliphatic heterocycles. The SMILES string of the molecule is CC(C)NS(=O)(=O)c1ccc(NC(=O)C2(C#N)CCCC2)cc1. The first kappa shape index (κ1) is 17.4. The number of amides is 1. The maximum absolute atomic E-state index is 12.3. The molecular formula is C16H21N3O3S. The number of nitrogens with one attached hydrogen (secondary N) is 2. The van der Waals surface area contributed by atoms with Crippen molar-refractivity contribution >= 4 is 21.6 Å². The van der Waals surface area contributed by atoms with E-state index < -0.39 is 15.4 Å². The van der Waals surface area contributed by atoms with E-state index >= 15 is 0 Å². The van der Waals surface area contributed by atoms with Gasteiger partial charge in [-0.05, 0) is 51.0 Å². The summed E-state index contributed by atoms with van der Waals surface area (Å²) >= 11 is 0. The van der Waals surface area contributed by atoms with Crippen molar-refractivity contribution < 1.29 is 13.2 Å². The lowest BCUT2D eigenvalue weighted by molar-refractivity contribution is -0.122. The number of hydrogen-bond donors (Lipinski definition) is 2. The van der Waals surface area contributed by atoms with Crippen LogP contribution in [0.25, 0.3) is 0 Å². The first-order valence-corrected chi connectivity index (χ1v) is 9.12. The minimum atomic E-state index is -3.55. The number of hydrogen-bond acceptors (Lipinski definition) is 4. The van der Waals surface area contributed by atoms with E-state index in [9.17, 15) is 18.5 Å². The highest BCUT2D eigenvalue weighted by Crippen LogP contribution is 2.38. The molecule has 1 aliphatic rings.